The molecule has 0 radical (unpaired) electrons. The van der Waals surface area contributed by atoms with Gasteiger partial charge >= 0.3 is 0 Å². The van der Waals surface area contributed by atoms with E-state index in [4.69, 9.17) is 0 Å². The van der Waals surface area contributed by atoms with E-state index in [1.165, 1.54) is 6.92 Å². The first-order chi connectivity index (χ1) is 6.79. The van der Waals surface area contributed by atoms with Crippen LogP contribution in [0.3, 0.4) is 0 Å². The number of hydrogen-bond donors (Lipinski definition) is 2. The van der Waals surface area contributed by atoms with Crippen LogP contribution in [0.15, 0.2) is 0 Å². The Morgan fingerprint density at radius 2 is 2.07 bits per heavy atom. The molecule has 2 N–H and O–H groups in total. The maximum atomic E-state index is 11.2. The number of H-pyrrole nitrogens is 1. The van der Waals surface area contributed by atoms with E-state index in [1.54, 1.807) is 0 Å². The number of aromatic amines is 1. The minimum Gasteiger partial charge on any atom is -0.317 e. The molecule has 76 valence electrons. The SMILES string of the molecule is CC(=O)c1n[nH]nc1C1CCNCC1. The fourth-order valence-corrected chi connectivity index (χ4v) is 1.88. The van der Waals surface area contributed by atoms with Crippen molar-refractivity contribution >= 4 is 5.78 Å². The van der Waals surface area contributed by atoms with E-state index in [0.29, 0.717) is 11.6 Å². The number of carbonyl (C=O) groups excluding carboxylic acids is 1. The molecule has 0 saturated carbocycles. The van der Waals surface area contributed by atoms with Crippen LogP contribution in [0, 0.1) is 0 Å². The first kappa shape index (κ1) is 9.33. The maximum absolute atomic E-state index is 11.2. The Hall–Kier alpha value is -1.23. The summed E-state index contributed by atoms with van der Waals surface area (Å²) >= 11 is 0. The van der Waals surface area contributed by atoms with E-state index in [9.17, 15) is 4.79 Å². The van der Waals surface area contributed by atoms with Crippen LogP contribution in [0.2, 0.25) is 0 Å². The molecule has 0 spiro atoms. The Balaban J connectivity index is 2.21. The second kappa shape index (κ2) is 3.88. The van der Waals surface area contributed by atoms with Gasteiger partial charge < -0.3 is 5.32 Å². The predicted molar refractivity (Wildman–Crippen MR) is 51.2 cm³/mol. The third-order valence-electron chi connectivity index (χ3n) is 2.63. The Morgan fingerprint density at radius 3 is 2.71 bits per heavy atom. The molecule has 1 saturated heterocycles. The summed E-state index contributed by atoms with van der Waals surface area (Å²) in [4.78, 5) is 11.2. The molecule has 1 aliphatic heterocycles. The summed E-state index contributed by atoms with van der Waals surface area (Å²) in [7, 11) is 0. The minimum atomic E-state index is -0.00715. The zero-order valence-electron chi connectivity index (χ0n) is 8.21. The van der Waals surface area contributed by atoms with Crippen LogP contribution in [0.5, 0.6) is 0 Å². The highest BCUT2D eigenvalue weighted by Crippen LogP contribution is 2.25. The first-order valence-electron chi connectivity index (χ1n) is 4.91. The number of nitrogens with one attached hydrogen (secondary N) is 2. The third kappa shape index (κ3) is 1.68. The molecule has 0 aromatic carbocycles. The number of piperidine rings is 1. The van der Waals surface area contributed by atoms with Crippen LogP contribution < -0.4 is 5.32 Å². The number of Topliss-reactive ketones (excluding diaryl/α,β-unsaturated/α-hetero) is 1. The van der Waals surface area contributed by atoms with Crippen molar-refractivity contribution in [3.8, 4) is 0 Å². The van der Waals surface area contributed by atoms with Crippen molar-refractivity contribution < 1.29 is 4.79 Å². The normalized spacial score (nSPS) is 18.4. The van der Waals surface area contributed by atoms with Gasteiger partial charge in [0.15, 0.2) is 11.5 Å². The molecule has 1 fully saturated rings. The zero-order chi connectivity index (χ0) is 9.97. The van der Waals surface area contributed by atoms with Crippen molar-refractivity contribution in [1.29, 1.82) is 0 Å². The van der Waals surface area contributed by atoms with Crippen molar-refractivity contribution in [2.45, 2.75) is 25.7 Å². The highest BCUT2D eigenvalue weighted by molar-refractivity contribution is 5.93. The zero-order valence-corrected chi connectivity index (χ0v) is 8.21. The van der Waals surface area contributed by atoms with Crippen molar-refractivity contribution in [2.75, 3.05) is 13.1 Å². The fourth-order valence-electron chi connectivity index (χ4n) is 1.88. The lowest BCUT2D eigenvalue weighted by atomic mass is 9.93. The Kier molecular flexibility index (Phi) is 2.58. The van der Waals surface area contributed by atoms with Crippen LogP contribution in [-0.2, 0) is 0 Å². The third-order valence-corrected chi connectivity index (χ3v) is 2.63. The van der Waals surface area contributed by atoms with Gasteiger partial charge in [-0.15, -0.1) is 0 Å². The number of hydrogen-bond acceptors (Lipinski definition) is 4. The maximum Gasteiger partial charge on any atom is 0.181 e. The molecule has 0 aliphatic carbocycles. The molecule has 2 rings (SSSR count). The predicted octanol–water partition coefficient (Wildman–Crippen LogP) is 0.474. The molecule has 0 atom stereocenters. The average Bonchev–Trinajstić information content (AvgIpc) is 2.67. The summed E-state index contributed by atoms with van der Waals surface area (Å²) < 4.78 is 0. The van der Waals surface area contributed by atoms with Gasteiger partial charge in [0, 0.05) is 12.8 Å². The summed E-state index contributed by atoms with van der Waals surface area (Å²) in [5, 5.41) is 13.8. The Labute approximate surface area is 82.3 Å². The lowest BCUT2D eigenvalue weighted by molar-refractivity contribution is 0.101. The largest absolute Gasteiger partial charge is 0.317 e. The van der Waals surface area contributed by atoms with Crippen LogP contribution in [0.25, 0.3) is 0 Å². The van der Waals surface area contributed by atoms with Gasteiger partial charge in [0.05, 0.1) is 5.69 Å². The molecule has 0 amide bonds. The standard InChI is InChI=1S/C9H14N4O/c1-6(14)8-9(12-13-11-8)7-2-4-10-5-3-7/h7,10H,2-5H2,1H3,(H,11,12,13). The minimum absolute atomic E-state index is 0.00715. The van der Waals surface area contributed by atoms with Gasteiger partial charge in [-0.05, 0) is 25.9 Å². The van der Waals surface area contributed by atoms with E-state index < -0.39 is 0 Å². The van der Waals surface area contributed by atoms with E-state index >= 15 is 0 Å². The van der Waals surface area contributed by atoms with Crippen molar-refractivity contribution in [3.63, 3.8) is 0 Å². The molecular weight excluding hydrogens is 180 g/mol. The summed E-state index contributed by atoms with van der Waals surface area (Å²) in [5.41, 5.74) is 1.36. The van der Waals surface area contributed by atoms with Crippen molar-refractivity contribution in [3.05, 3.63) is 11.4 Å². The lowest BCUT2D eigenvalue weighted by Gasteiger charge is -2.20. The number of ketones is 1. The van der Waals surface area contributed by atoms with Crippen LogP contribution >= 0.6 is 0 Å². The molecule has 1 aromatic heterocycles. The molecule has 2 heterocycles. The van der Waals surface area contributed by atoms with E-state index in [0.717, 1.165) is 31.6 Å². The molecule has 14 heavy (non-hydrogen) atoms. The molecule has 1 aromatic rings. The van der Waals surface area contributed by atoms with Crippen LogP contribution in [0.1, 0.15) is 41.9 Å². The van der Waals surface area contributed by atoms with Gasteiger partial charge in [-0.2, -0.15) is 15.4 Å². The number of aromatic nitrogens is 3. The monoisotopic (exact) mass is 194 g/mol. The number of rotatable bonds is 2. The van der Waals surface area contributed by atoms with E-state index in [-0.39, 0.29) is 5.78 Å². The Morgan fingerprint density at radius 1 is 1.36 bits per heavy atom. The van der Waals surface area contributed by atoms with Gasteiger partial charge in [0.2, 0.25) is 0 Å². The molecule has 0 unspecified atom stereocenters. The summed E-state index contributed by atoms with van der Waals surface area (Å²) in [6.45, 7) is 3.52. The van der Waals surface area contributed by atoms with Gasteiger partial charge in [-0.3, -0.25) is 4.79 Å². The van der Waals surface area contributed by atoms with Gasteiger partial charge in [-0.1, -0.05) is 0 Å². The summed E-state index contributed by atoms with van der Waals surface area (Å²) in [6, 6.07) is 0. The summed E-state index contributed by atoms with van der Waals surface area (Å²) in [6.07, 6.45) is 2.07. The Bertz CT molecular complexity index is 327. The van der Waals surface area contributed by atoms with Gasteiger partial charge in [0.1, 0.15) is 0 Å². The molecule has 0 bridgehead atoms. The van der Waals surface area contributed by atoms with Crippen LogP contribution in [0.4, 0.5) is 0 Å². The smallest absolute Gasteiger partial charge is 0.181 e. The quantitative estimate of drug-likeness (QED) is 0.671. The van der Waals surface area contributed by atoms with Crippen LogP contribution in [-0.4, -0.2) is 34.3 Å². The number of carbonyl (C=O) groups is 1. The fraction of sp³-hybridized carbons (Fsp3) is 0.667. The second-order valence-corrected chi connectivity index (χ2v) is 3.64. The molecule has 5 nitrogen and oxygen atoms in total. The molecular formula is C9H14N4O. The first-order valence-corrected chi connectivity index (χ1v) is 4.91. The van der Waals surface area contributed by atoms with Crippen molar-refractivity contribution in [1.82, 2.24) is 20.7 Å². The van der Waals surface area contributed by atoms with Crippen molar-refractivity contribution in [2.24, 2.45) is 0 Å². The number of nitrogens with zero attached hydrogens (tertiary/aromatic N) is 2. The van der Waals surface area contributed by atoms with Gasteiger partial charge in [0.25, 0.3) is 0 Å². The average molecular weight is 194 g/mol. The van der Waals surface area contributed by atoms with E-state index in [1.807, 2.05) is 0 Å². The highest BCUT2D eigenvalue weighted by atomic mass is 16.1. The topological polar surface area (TPSA) is 70.7 Å². The second-order valence-electron chi connectivity index (χ2n) is 3.64. The highest BCUT2D eigenvalue weighted by Gasteiger charge is 2.23. The lowest BCUT2D eigenvalue weighted by Crippen LogP contribution is -2.27. The van der Waals surface area contributed by atoms with Gasteiger partial charge in [-0.25, -0.2) is 0 Å². The molecule has 5 heteroatoms. The summed E-state index contributed by atoms with van der Waals surface area (Å²) in [5.74, 6) is 0.376. The molecule has 1 aliphatic rings. The van der Waals surface area contributed by atoms with E-state index in [2.05, 4.69) is 20.7 Å².